The molecule has 2 amide bonds. The van der Waals surface area contributed by atoms with E-state index in [9.17, 15) is 18.0 Å². The maximum absolute atomic E-state index is 14.1. The first-order valence-corrected chi connectivity index (χ1v) is 15.9. The molecule has 4 rings (SSSR count). The molecular formula is C31H35Cl2N3O4S. The fourth-order valence-electron chi connectivity index (χ4n) is 5.05. The van der Waals surface area contributed by atoms with Crippen LogP contribution in [-0.4, -0.2) is 43.8 Å². The van der Waals surface area contributed by atoms with E-state index in [1.807, 2.05) is 19.9 Å². The lowest BCUT2D eigenvalue weighted by molar-refractivity contribution is -0.139. The molecule has 0 bridgehead atoms. The Balaban J connectivity index is 1.72. The maximum atomic E-state index is 14.1. The van der Waals surface area contributed by atoms with Crippen LogP contribution in [0.5, 0.6) is 0 Å². The Morgan fingerprint density at radius 2 is 1.63 bits per heavy atom. The molecule has 0 radical (unpaired) electrons. The molecular weight excluding hydrogens is 581 g/mol. The van der Waals surface area contributed by atoms with E-state index >= 15 is 0 Å². The number of nitrogens with one attached hydrogen (secondary N) is 1. The van der Waals surface area contributed by atoms with Crippen molar-refractivity contribution in [1.29, 1.82) is 0 Å². The van der Waals surface area contributed by atoms with Crippen LogP contribution in [0.1, 0.15) is 49.3 Å². The van der Waals surface area contributed by atoms with Crippen molar-refractivity contribution in [2.45, 2.75) is 70.0 Å². The zero-order chi connectivity index (χ0) is 29.7. The highest BCUT2D eigenvalue weighted by Gasteiger charge is 2.34. The fourth-order valence-corrected chi connectivity index (χ4v) is 6.86. The molecule has 1 aliphatic rings. The van der Waals surface area contributed by atoms with Crippen molar-refractivity contribution in [2.75, 3.05) is 10.8 Å². The van der Waals surface area contributed by atoms with Gasteiger partial charge in [-0.05, 0) is 80.6 Å². The minimum absolute atomic E-state index is 0.0427. The summed E-state index contributed by atoms with van der Waals surface area (Å²) in [7, 11) is -4.13. The van der Waals surface area contributed by atoms with Crippen LogP contribution in [0.2, 0.25) is 10.0 Å². The smallest absolute Gasteiger partial charge is 0.264 e. The fraction of sp³-hybridized carbons (Fsp3) is 0.355. The minimum atomic E-state index is -4.13. The average molecular weight is 617 g/mol. The van der Waals surface area contributed by atoms with Crippen molar-refractivity contribution in [3.05, 3.63) is 93.5 Å². The number of rotatable bonds is 10. The molecule has 1 unspecified atom stereocenters. The highest BCUT2D eigenvalue weighted by molar-refractivity contribution is 7.92. The van der Waals surface area contributed by atoms with Crippen LogP contribution < -0.4 is 9.62 Å². The van der Waals surface area contributed by atoms with Gasteiger partial charge in [0.25, 0.3) is 10.0 Å². The second kappa shape index (κ2) is 13.3. The van der Waals surface area contributed by atoms with E-state index in [0.717, 1.165) is 41.1 Å². The quantitative estimate of drug-likeness (QED) is 0.291. The molecule has 1 N–H and O–H groups in total. The van der Waals surface area contributed by atoms with Crippen LogP contribution in [0.4, 0.5) is 5.69 Å². The summed E-state index contributed by atoms with van der Waals surface area (Å²) in [6.45, 7) is 4.92. The largest absolute Gasteiger partial charge is 0.352 e. The third-order valence-corrected chi connectivity index (χ3v) is 10.2. The number of hydrogen-bond acceptors (Lipinski definition) is 4. The lowest BCUT2D eigenvalue weighted by Crippen LogP contribution is -2.52. The first kappa shape index (κ1) is 30.9. The molecule has 1 atom stereocenters. The van der Waals surface area contributed by atoms with Gasteiger partial charge in [-0.2, -0.15) is 0 Å². The van der Waals surface area contributed by atoms with Gasteiger partial charge >= 0.3 is 0 Å². The summed E-state index contributed by atoms with van der Waals surface area (Å²) in [5.74, 6) is -0.805. The summed E-state index contributed by atoms with van der Waals surface area (Å²) >= 11 is 12.4. The SMILES string of the molecule is Cc1cccc(N(CC(=O)N(Cc2ccc(Cl)c(Cl)c2)C(C)C(=O)NC2CCCC2)S(=O)(=O)c2ccccc2)c1C. The summed E-state index contributed by atoms with van der Waals surface area (Å²) in [5.41, 5.74) is 2.69. The van der Waals surface area contributed by atoms with Crippen molar-refractivity contribution < 1.29 is 18.0 Å². The van der Waals surface area contributed by atoms with E-state index in [2.05, 4.69) is 5.32 Å². The zero-order valence-corrected chi connectivity index (χ0v) is 25.8. The molecule has 0 heterocycles. The van der Waals surface area contributed by atoms with Gasteiger partial charge in [0.1, 0.15) is 12.6 Å². The number of hydrogen-bond donors (Lipinski definition) is 1. The first-order valence-electron chi connectivity index (χ1n) is 13.7. The summed E-state index contributed by atoms with van der Waals surface area (Å²) in [5, 5.41) is 3.76. The monoisotopic (exact) mass is 615 g/mol. The molecule has 41 heavy (non-hydrogen) atoms. The molecule has 1 saturated carbocycles. The number of halogens is 2. The van der Waals surface area contributed by atoms with Crippen molar-refractivity contribution in [2.24, 2.45) is 0 Å². The van der Waals surface area contributed by atoms with Crippen LogP contribution in [0.15, 0.2) is 71.6 Å². The number of benzene rings is 3. The van der Waals surface area contributed by atoms with Crippen molar-refractivity contribution >= 4 is 50.7 Å². The topological polar surface area (TPSA) is 86.8 Å². The summed E-state index contributed by atoms with van der Waals surface area (Å²) in [4.78, 5) is 28.9. The van der Waals surface area contributed by atoms with Gasteiger partial charge in [-0.15, -0.1) is 0 Å². The van der Waals surface area contributed by atoms with Crippen molar-refractivity contribution in [3.63, 3.8) is 0 Å². The second-order valence-electron chi connectivity index (χ2n) is 10.5. The number of nitrogens with zero attached hydrogens (tertiary/aromatic N) is 2. The number of carbonyl (C=O) groups is 2. The number of sulfonamides is 1. The lowest BCUT2D eigenvalue weighted by atomic mass is 10.1. The molecule has 0 spiro atoms. The predicted molar refractivity (Wildman–Crippen MR) is 164 cm³/mol. The van der Waals surface area contributed by atoms with Crippen LogP contribution in [-0.2, 0) is 26.2 Å². The van der Waals surface area contributed by atoms with E-state index < -0.39 is 28.5 Å². The molecule has 1 aliphatic carbocycles. The number of aryl methyl sites for hydroxylation is 1. The van der Waals surface area contributed by atoms with Crippen LogP contribution in [0.3, 0.4) is 0 Å². The Morgan fingerprint density at radius 1 is 0.951 bits per heavy atom. The lowest BCUT2D eigenvalue weighted by Gasteiger charge is -2.33. The molecule has 7 nitrogen and oxygen atoms in total. The molecule has 0 saturated heterocycles. The Kier molecular flexibility index (Phi) is 10.00. The molecule has 3 aromatic carbocycles. The third kappa shape index (κ3) is 7.23. The standard InChI is InChI=1S/C31H35Cl2N3O4S/c1-21-10-9-15-29(22(21)2)36(41(39,40)26-13-5-4-6-14-26)20-30(37)35(19-24-16-17-27(32)28(33)18-24)23(3)31(38)34-25-11-7-8-12-25/h4-6,9-10,13-18,23,25H,7-8,11-12,19-20H2,1-3H3,(H,34,38). The summed E-state index contributed by atoms with van der Waals surface area (Å²) < 4.78 is 29.1. The average Bonchev–Trinajstić information content (AvgIpc) is 3.47. The third-order valence-electron chi connectivity index (χ3n) is 7.66. The van der Waals surface area contributed by atoms with Crippen molar-refractivity contribution in [1.82, 2.24) is 10.2 Å². The molecule has 10 heteroatoms. The van der Waals surface area contributed by atoms with E-state index in [0.29, 0.717) is 21.3 Å². The minimum Gasteiger partial charge on any atom is -0.352 e. The van der Waals surface area contributed by atoms with Gasteiger partial charge < -0.3 is 10.2 Å². The Hall–Kier alpha value is -3.07. The van der Waals surface area contributed by atoms with Gasteiger partial charge in [0, 0.05) is 12.6 Å². The van der Waals surface area contributed by atoms with Gasteiger partial charge in [0.05, 0.1) is 20.6 Å². The van der Waals surface area contributed by atoms with Gasteiger partial charge in [-0.3, -0.25) is 13.9 Å². The van der Waals surface area contributed by atoms with E-state index in [4.69, 9.17) is 23.2 Å². The molecule has 1 fully saturated rings. The molecule has 3 aromatic rings. The van der Waals surface area contributed by atoms with Gasteiger partial charge in [-0.25, -0.2) is 8.42 Å². The Labute approximate surface area is 252 Å². The molecule has 218 valence electrons. The number of carbonyl (C=O) groups excluding carboxylic acids is 2. The predicted octanol–water partition coefficient (Wildman–Crippen LogP) is 6.28. The Bertz CT molecular complexity index is 1510. The van der Waals surface area contributed by atoms with Gasteiger partial charge in [0.2, 0.25) is 11.8 Å². The molecule has 0 aliphatic heterocycles. The van der Waals surface area contributed by atoms with Crippen LogP contribution in [0.25, 0.3) is 0 Å². The van der Waals surface area contributed by atoms with Crippen LogP contribution >= 0.6 is 23.2 Å². The zero-order valence-electron chi connectivity index (χ0n) is 23.4. The van der Waals surface area contributed by atoms with E-state index in [1.165, 1.54) is 17.0 Å². The van der Waals surface area contributed by atoms with E-state index in [1.54, 1.807) is 55.5 Å². The summed E-state index contributed by atoms with van der Waals surface area (Å²) in [6, 6.07) is 17.6. The van der Waals surface area contributed by atoms with Crippen molar-refractivity contribution in [3.8, 4) is 0 Å². The Morgan fingerprint density at radius 3 is 2.29 bits per heavy atom. The van der Waals surface area contributed by atoms with Gasteiger partial charge in [0.15, 0.2) is 0 Å². The highest BCUT2D eigenvalue weighted by atomic mass is 35.5. The maximum Gasteiger partial charge on any atom is 0.264 e. The normalized spacial score (nSPS) is 14.5. The van der Waals surface area contributed by atoms with E-state index in [-0.39, 0.29) is 23.4 Å². The first-order chi connectivity index (χ1) is 19.5. The number of anilines is 1. The van der Waals surface area contributed by atoms with Gasteiger partial charge in [-0.1, -0.05) is 72.4 Å². The summed E-state index contributed by atoms with van der Waals surface area (Å²) in [6.07, 6.45) is 3.89. The number of amides is 2. The molecule has 0 aromatic heterocycles. The second-order valence-corrected chi connectivity index (χ2v) is 13.2. The van der Waals surface area contributed by atoms with Crippen LogP contribution in [0, 0.1) is 13.8 Å². The highest BCUT2D eigenvalue weighted by Crippen LogP contribution is 2.30.